The molecule has 4 heterocycles. The van der Waals surface area contributed by atoms with Crippen LogP contribution in [-0.4, -0.2) is 47.0 Å². The molecule has 1 spiro atoms. The number of likely N-dealkylation sites (tertiary alicyclic amines) is 1. The number of aromatic nitrogens is 2. The van der Waals surface area contributed by atoms with Crippen molar-refractivity contribution in [2.24, 2.45) is 5.41 Å². The Kier molecular flexibility index (Phi) is 4.81. The molecular weight excluding hydrogens is 332 g/mol. The molecular formula is C19H24N4OS. The summed E-state index contributed by atoms with van der Waals surface area (Å²) in [5.41, 5.74) is 2.53. The van der Waals surface area contributed by atoms with E-state index in [0.717, 1.165) is 55.3 Å². The third-order valence-electron chi connectivity index (χ3n) is 5.53. The molecule has 2 fully saturated rings. The number of thiazole rings is 1. The lowest BCUT2D eigenvalue weighted by molar-refractivity contribution is -0.138. The first-order valence-electron chi connectivity index (χ1n) is 9.07. The molecule has 0 atom stereocenters. The summed E-state index contributed by atoms with van der Waals surface area (Å²) in [6.07, 6.45) is 8.58. The van der Waals surface area contributed by atoms with Crippen LogP contribution in [0.5, 0.6) is 0 Å². The Bertz CT molecular complexity index is 724. The van der Waals surface area contributed by atoms with E-state index >= 15 is 0 Å². The van der Waals surface area contributed by atoms with Gasteiger partial charge >= 0.3 is 0 Å². The molecule has 5 nitrogen and oxygen atoms in total. The van der Waals surface area contributed by atoms with E-state index in [0.29, 0.717) is 17.7 Å². The number of nitrogens with zero attached hydrogens (tertiary/aromatic N) is 3. The van der Waals surface area contributed by atoms with Gasteiger partial charge in [-0.1, -0.05) is 0 Å². The van der Waals surface area contributed by atoms with E-state index in [1.807, 2.05) is 12.1 Å². The fourth-order valence-corrected chi connectivity index (χ4v) is 4.83. The minimum absolute atomic E-state index is 0.314. The maximum absolute atomic E-state index is 12.4. The number of nitrogens with one attached hydrogen (secondary N) is 1. The summed E-state index contributed by atoms with van der Waals surface area (Å²) >= 11 is 1.66. The summed E-state index contributed by atoms with van der Waals surface area (Å²) in [4.78, 5) is 23.2. The molecule has 132 valence electrons. The van der Waals surface area contributed by atoms with Crippen molar-refractivity contribution in [1.82, 2.24) is 20.2 Å². The Morgan fingerprint density at radius 3 is 2.80 bits per heavy atom. The summed E-state index contributed by atoms with van der Waals surface area (Å²) in [7, 11) is 0. The second kappa shape index (κ2) is 7.22. The quantitative estimate of drug-likeness (QED) is 0.915. The van der Waals surface area contributed by atoms with Gasteiger partial charge in [0.15, 0.2) is 0 Å². The van der Waals surface area contributed by atoms with Crippen LogP contribution >= 0.6 is 11.3 Å². The standard InChI is InChI=1S/C19H24N4OS/c24-17-1-5-19(6-10-21-11-7-19)14-23(17)12-4-16-13-25-18(22-16)15-2-8-20-9-3-15/h2-3,8-9,13,21H,1,4-7,10-12,14H2. The van der Waals surface area contributed by atoms with Crippen LogP contribution < -0.4 is 5.32 Å². The lowest BCUT2D eigenvalue weighted by Crippen LogP contribution is -2.51. The van der Waals surface area contributed by atoms with Gasteiger partial charge in [-0.2, -0.15) is 0 Å². The monoisotopic (exact) mass is 356 g/mol. The highest BCUT2D eigenvalue weighted by atomic mass is 32.1. The summed E-state index contributed by atoms with van der Waals surface area (Å²) in [6, 6.07) is 3.97. The third kappa shape index (κ3) is 3.75. The van der Waals surface area contributed by atoms with E-state index in [4.69, 9.17) is 4.98 Å². The SMILES string of the molecule is O=C1CCC2(CCNCC2)CN1CCc1csc(-c2ccncc2)n1. The van der Waals surface area contributed by atoms with Gasteiger partial charge in [-0.05, 0) is 49.9 Å². The number of hydrogen-bond acceptors (Lipinski definition) is 5. The van der Waals surface area contributed by atoms with E-state index in [-0.39, 0.29) is 0 Å². The van der Waals surface area contributed by atoms with Crippen LogP contribution in [0.3, 0.4) is 0 Å². The first-order chi connectivity index (χ1) is 12.2. The zero-order valence-corrected chi connectivity index (χ0v) is 15.2. The van der Waals surface area contributed by atoms with E-state index in [2.05, 4.69) is 20.6 Å². The summed E-state index contributed by atoms with van der Waals surface area (Å²) in [5, 5.41) is 6.58. The van der Waals surface area contributed by atoms with Crippen molar-refractivity contribution in [3.05, 3.63) is 35.6 Å². The molecule has 0 aromatic carbocycles. The highest BCUT2D eigenvalue weighted by Gasteiger charge is 2.39. The van der Waals surface area contributed by atoms with Gasteiger partial charge in [0, 0.05) is 49.3 Å². The Labute approximate surface area is 152 Å². The number of pyridine rings is 1. The maximum atomic E-state index is 12.4. The molecule has 2 aromatic rings. The molecule has 0 saturated carbocycles. The second-order valence-corrected chi connectivity index (χ2v) is 8.05. The molecule has 2 aliphatic heterocycles. The van der Waals surface area contributed by atoms with Crippen molar-refractivity contribution in [3.63, 3.8) is 0 Å². The average Bonchev–Trinajstić information content (AvgIpc) is 3.13. The molecule has 1 N–H and O–H groups in total. The van der Waals surface area contributed by atoms with Gasteiger partial charge < -0.3 is 10.2 Å². The normalized spacial score (nSPS) is 20.2. The summed E-state index contributed by atoms with van der Waals surface area (Å²) in [5.74, 6) is 0.314. The fourth-order valence-electron chi connectivity index (χ4n) is 3.97. The highest BCUT2D eigenvalue weighted by Crippen LogP contribution is 2.38. The topological polar surface area (TPSA) is 58.1 Å². The molecule has 25 heavy (non-hydrogen) atoms. The first-order valence-corrected chi connectivity index (χ1v) is 9.95. The van der Waals surface area contributed by atoms with Gasteiger partial charge in [-0.25, -0.2) is 4.98 Å². The van der Waals surface area contributed by atoms with Crippen LogP contribution in [0.1, 0.15) is 31.4 Å². The van der Waals surface area contributed by atoms with Crippen LogP contribution in [-0.2, 0) is 11.2 Å². The predicted octanol–water partition coefficient (Wildman–Crippen LogP) is 2.74. The van der Waals surface area contributed by atoms with Gasteiger partial charge in [-0.3, -0.25) is 9.78 Å². The Morgan fingerprint density at radius 2 is 2.00 bits per heavy atom. The number of carbonyl (C=O) groups is 1. The molecule has 4 rings (SSSR count). The van der Waals surface area contributed by atoms with Crippen molar-refractivity contribution < 1.29 is 4.79 Å². The molecule has 2 saturated heterocycles. The van der Waals surface area contributed by atoms with Gasteiger partial charge in [0.25, 0.3) is 0 Å². The fraction of sp³-hybridized carbons (Fsp3) is 0.526. The first kappa shape index (κ1) is 16.7. The molecule has 2 aliphatic rings. The number of rotatable bonds is 4. The maximum Gasteiger partial charge on any atom is 0.222 e. The molecule has 0 bridgehead atoms. The molecule has 2 aromatic heterocycles. The van der Waals surface area contributed by atoms with Crippen LogP contribution in [0.4, 0.5) is 0 Å². The molecule has 0 radical (unpaired) electrons. The molecule has 6 heteroatoms. The van der Waals surface area contributed by atoms with Gasteiger partial charge in [0.05, 0.1) is 5.69 Å². The van der Waals surface area contributed by atoms with E-state index in [1.54, 1.807) is 23.7 Å². The zero-order chi connectivity index (χ0) is 17.1. The lowest BCUT2D eigenvalue weighted by Gasteiger charge is -2.45. The number of amides is 1. The molecule has 1 amide bonds. The molecule has 0 unspecified atom stereocenters. The lowest BCUT2D eigenvalue weighted by atomic mass is 9.72. The van der Waals surface area contributed by atoms with E-state index < -0.39 is 0 Å². The van der Waals surface area contributed by atoms with Crippen LogP contribution in [0.15, 0.2) is 29.9 Å². The number of carbonyl (C=O) groups excluding carboxylic acids is 1. The smallest absolute Gasteiger partial charge is 0.222 e. The van der Waals surface area contributed by atoms with Crippen LogP contribution in [0, 0.1) is 5.41 Å². The Balaban J connectivity index is 1.39. The summed E-state index contributed by atoms with van der Waals surface area (Å²) < 4.78 is 0. The zero-order valence-electron chi connectivity index (χ0n) is 14.4. The van der Waals surface area contributed by atoms with Crippen molar-refractivity contribution in [2.75, 3.05) is 26.2 Å². The van der Waals surface area contributed by atoms with Gasteiger partial charge in [0.2, 0.25) is 5.91 Å². The van der Waals surface area contributed by atoms with E-state index in [9.17, 15) is 4.79 Å². The van der Waals surface area contributed by atoms with Crippen LogP contribution in [0.2, 0.25) is 0 Å². The highest BCUT2D eigenvalue weighted by molar-refractivity contribution is 7.13. The Hall–Kier alpha value is -1.79. The van der Waals surface area contributed by atoms with Gasteiger partial charge in [0.1, 0.15) is 5.01 Å². The van der Waals surface area contributed by atoms with Crippen molar-refractivity contribution >= 4 is 17.2 Å². The minimum atomic E-state index is 0.314. The van der Waals surface area contributed by atoms with Gasteiger partial charge in [-0.15, -0.1) is 11.3 Å². The van der Waals surface area contributed by atoms with Crippen molar-refractivity contribution in [3.8, 4) is 10.6 Å². The average molecular weight is 356 g/mol. The van der Waals surface area contributed by atoms with Crippen LogP contribution in [0.25, 0.3) is 10.6 Å². The van der Waals surface area contributed by atoms with Crippen molar-refractivity contribution in [2.45, 2.75) is 32.1 Å². The Morgan fingerprint density at radius 1 is 1.20 bits per heavy atom. The second-order valence-electron chi connectivity index (χ2n) is 7.20. The molecule has 0 aliphatic carbocycles. The third-order valence-corrected chi connectivity index (χ3v) is 6.47. The predicted molar refractivity (Wildman–Crippen MR) is 99.4 cm³/mol. The van der Waals surface area contributed by atoms with E-state index in [1.165, 1.54) is 12.8 Å². The number of hydrogen-bond donors (Lipinski definition) is 1. The summed E-state index contributed by atoms with van der Waals surface area (Å²) in [6.45, 7) is 3.88. The number of piperidine rings is 2. The minimum Gasteiger partial charge on any atom is -0.342 e. The van der Waals surface area contributed by atoms with Crippen molar-refractivity contribution in [1.29, 1.82) is 0 Å². The largest absolute Gasteiger partial charge is 0.342 e.